The van der Waals surface area contributed by atoms with E-state index >= 15 is 0 Å². The van der Waals surface area contributed by atoms with E-state index in [0.717, 1.165) is 11.3 Å². The molecule has 1 atom stereocenters. The van der Waals surface area contributed by atoms with Gasteiger partial charge >= 0.3 is 0 Å². The third kappa shape index (κ3) is 4.15. The monoisotopic (exact) mass is 402 g/mol. The second-order valence-electron chi connectivity index (χ2n) is 7.55. The van der Waals surface area contributed by atoms with Crippen LogP contribution in [0.4, 0.5) is 11.4 Å². The first-order valence-corrected chi connectivity index (χ1v) is 9.75. The number of H-pyrrole nitrogens is 1. The standard InChI is InChI=1S/C23H22N4O3/c1-14-6-8-19(9-7-14)27-13-17(12-21(27)29)23(30)25-18-5-3-4-16(11-18)22-24-15(2)10-20(28)26-22/h3-11,17H,12-13H2,1-2H3,(H,25,30)(H,24,26,28). The fourth-order valence-corrected chi connectivity index (χ4v) is 3.56. The lowest BCUT2D eigenvalue weighted by Crippen LogP contribution is -2.28. The molecule has 2 amide bonds. The summed E-state index contributed by atoms with van der Waals surface area (Å²) in [6.07, 6.45) is 0.173. The first kappa shape index (κ1) is 19.6. The molecule has 0 aliphatic carbocycles. The minimum atomic E-state index is -0.431. The quantitative estimate of drug-likeness (QED) is 0.701. The van der Waals surface area contributed by atoms with Crippen LogP contribution in [-0.4, -0.2) is 28.3 Å². The third-order valence-corrected chi connectivity index (χ3v) is 5.11. The highest BCUT2D eigenvalue weighted by Crippen LogP contribution is 2.27. The van der Waals surface area contributed by atoms with Gasteiger partial charge in [-0.1, -0.05) is 29.8 Å². The van der Waals surface area contributed by atoms with Gasteiger partial charge in [0.15, 0.2) is 0 Å². The lowest BCUT2D eigenvalue weighted by atomic mass is 10.1. The van der Waals surface area contributed by atoms with Crippen LogP contribution in [0.25, 0.3) is 11.4 Å². The van der Waals surface area contributed by atoms with Crippen molar-refractivity contribution in [1.29, 1.82) is 0 Å². The molecule has 7 heteroatoms. The first-order chi connectivity index (χ1) is 14.4. The van der Waals surface area contributed by atoms with Crippen LogP contribution in [-0.2, 0) is 9.59 Å². The SMILES string of the molecule is Cc1ccc(N2CC(C(=O)Nc3cccc(-c4nc(C)cc(=O)[nH]4)c3)CC2=O)cc1. The normalized spacial score (nSPS) is 16.0. The zero-order valence-electron chi connectivity index (χ0n) is 16.8. The number of hydrogen-bond donors (Lipinski definition) is 2. The molecule has 2 N–H and O–H groups in total. The number of nitrogens with one attached hydrogen (secondary N) is 2. The molecule has 0 saturated carbocycles. The molecule has 1 aliphatic heterocycles. The van der Waals surface area contributed by atoms with Crippen LogP contribution in [0.1, 0.15) is 17.7 Å². The highest BCUT2D eigenvalue weighted by atomic mass is 16.2. The molecule has 30 heavy (non-hydrogen) atoms. The maximum atomic E-state index is 12.8. The summed E-state index contributed by atoms with van der Waals surface area (Å²) < 4.78 is 0. The molecule has 7 nitrogen and oxygen atoms in total. The average molecular weight is 402 g/mol. The molecule has 0 radical (unpaired) electrons. The lowest BCUT2D eigenvalue weighted by Gasteiger charge is -2.17. The Morgan fingerprint density at radius 3 is 2.60 bits per heavy atom. The van der Waals surface area contributed by atoms with Crippen molar-refractivity contribution in [2.75, 3.05) is 16.8 Å². The summed E-state index contributed by atoms with van der Waals surface area (Å²) in [5.74, 6) is -0.257. The van der Waals surface area contributed by atoms with Crippen LogP contribution in [0.15, 0.2) is 59.4 Å². The first-order valence-electron chi connectivity index (χ1n) is 9.75. The molecular formula is C23H22N4O3. The highest BCUT2D eigenvalue weighted by molar-refractivity contribution is 6.03. The molecule has 2 aromatic carbocycles. The van der Waals surface area contributed by atoms with E-state index in [-0.39, 0.29) is 23.8 Å². The van der Waals surface area contributed by atoms with Crippen molar-refractivity contribution >= 4 is 23.2 Å². The van der Waals surface area contributed by atoms with E-state index in [0.29, 0.717) is 29.3 Å². The molecule has 1 fully saturated rings. The number of carbonyl (C=O) groups excluding carboxylic acids is 2. The van der Waals surface area contributed by atoms with Gasteiger partial charge in [0.1, 0.15) is 5.82 Å². The number of rotatable bonds is 4. The van der Waals surface area contributed by atoms with Gasteiger partial charge in [0.25, 0.3) is 5.56 Å². The summed E-state index contributed by atoms with van der Waals surface area (Å²) >= 11 is 0. The Bertz CT molecular complexity index is 1170. The molecule has 2 heterocycles. The van der Waals surface area contributed by atoms with Crippen LogP contribution in [0.2, 0.25) is 0 Å². The van der Waals surface area contributed by atoms with Crippen LogP contribution in [0.5, 0.6) is 0 Å². The second kappa shape index (κ2) is 7.94. The van der Waals surface area contributed by atoms with Gasteiger partial charge < -0.3 is 15.2 Å². The van der Waals surface area contributed by atoms with Gasteiger partial charge in [0.05, 0.1) is 5.92 Å². The van der Waals surface area contributed by atoms with Gasteiger partial charge in [-0.05, 0) is 38.1 Å². The van der Waals surface area contributed by atoms with Crippen molar-refractivity contribution in [3.05, 3.63) is 76.2 Å². The smallest absolute Gasteiger partial charge is 0.251 e. The average Bonchev–Trinajstić information content (AvgIpc) is 3.10. The summed E-state index contributed by atoms with van der Waals surface area (Å²) in [5, 5.41) is 2.89. The third-order valence-electron chi connectivity index (χ3n) is 5.11. The number of aromatic amines is 1. The zero-order valence-corrected chi connectivity index (χ0v) is 16.8. The van der Waals surface area contributed by atoms with Gasteiger partial charge in [0.2, 0.25) is 11.8 Å². The summed E-state index contributed by atoms with van der Waals surface area (Å²) in [7, 11) is 0. The minimum Gasteiger partial charge on any atom is -0.326 e. The van der Waals surface area contributed by atoms with Crippen LogP contribution in [0.3, 0.4) is 0 Å². The van der Waals surface area contributed by atoms with Gasteiger partial charge in [-0.15, -0.1) is 0 Å². The molecule has 3 aromatic rings. The summed E-state index contributed by atoms with van der Waals surface area (Å²) in [5.41, 5.74) is 3.58. The number of nitrogens with zero attached hydrogens (tertiary/aromatic N) is 2. The molecule has 4 rings (SSSR count). The van der Waals surface area contributed by atoms with E-state index in [4.69, 9.17) is 0 Å². The number of anilines is 2. The minimum absolute atomic E-state index is 0.0608. The van der Waals surface area contributed by atoms with Gasteiger partial charge in [-0.2, -0.15) is 0 Å². The fraction of sp³-hybridized carbons (Fsp3) is 0.217. The van der Waals surface area contributed by atoms with E-state index in [1.54, 1.807) is 30.0 Å². The van der Waals surface area contributed by atoms with Crippen molar-refractivity contribution in [1.82, 2.24) is 9.97 Å². The van der Waals surface area contributed by atoms with Gasteiger partial charge in [-0.25, -0.2) is 4.98 Å². The van der Waals surface area contributed by atoms with Crippen molar-refractivity contribution in [2.45, 2.75) is 20.3 Å². The topological polar surface area (TPSA) is 95.2 Å². The molecule has 1 saturated heterocycles. The lowest BCUT2D eigenvalue weighted by molar-refractivity contribution is -0.122. The Balaban J connectivity index is 1.48. The Morgan fingerprint density at radius 2 is 1.87 bits per heavy atom. The van der Waals surface area contributed by atoms with Crippen molar-refractivity contribution in [3.63, 3.8) is 0 Å². The van der Waals surface area contributed by atoms with Crippen molar-refractivity contribution in [3.8, 4) is 11.4 Å². The molecule has 0 spiro atoms. The van der Waals surface area contributed by atoms with E-state index in [1.165, 1.54) is 6.07 Å². The number of amides is 2. The van der Waals surface area contributed by atoms with E-state index < -0.39 is 5.92 Å². The molecule has 1 aliphatic rings. The Hall–Kier alpha value is -3.74. The van der Waals surface area contributed by atoms with Crippen molar-refractivity contribution in [2.24, 2.45) is 5.92 Å². The molecular weight excluding hydrogens is 380 g/mol. The van der Waals surface area contributed by atoms with E-state index in [2.05, 4.69) is 15.3 Å². The largest absolute Gasteiger partial charge is 0.326 e. The molecule has 1 aromatic heterocycles. The second-order valence-corrected chi connectivity index (χ2v) is 7.55. The Labute approximate surface area is 173 Å². The predicted octanol–water partition coefficient (Wildman–Crippen LogP) is 3.05. The summed E-state index contributed by atoms with van der Waals surface area (Å²) in [6.45, 7) is 4.09. The summed E-state index contributed by atoms with van der Waals surface area (Å²) in [4.78, 5) is 45.6. The predicted molar refractivity (Wildman–Crippen MR) is 115 cm³/mol. The summed E-state index contributed by atoms with van der Waals surface area (Å²) in [6, 6.07) is 16.2. The van der Waals surface area contributed by atoms with Gasteiger partial charge in [0, 0.05) is 41.7 Å². The zero-order chi connectivity index (χ0) is 21.3. The highest BCUT2D eigenvalue weighted by Gasteiger charge is 2.35. The van der Waals surface area contributed by atoms with E-state index in [9.17, 15) is 14.4 Å². The molecule has 0 bridgehead atoms. The van der Waals surface area contributed by atoms with Gasteiger partial charge in [-0.3, -0.25) is 14.4 Å². The maximum Gasteiger partial charge on any atom is 0.251 e. The van der Waals surface area contributed by atoms with Crippen molar-refractivity contribution < 1.29 is 9.59 Å². The fourth-order valence-electron chi connectivity index (χ4n) is 3.56. The Kier molecular flexibility index (Phi) is 5.18. The molecule has 152 valence electrons. The number of hydrogen-bond acceptors (Lipinski definition) is 4. The van der Waals surface area contributed by atoms with E-state index in [1.807, 2.05) is 37.3 Å². The van der Waals surface area contributed by atoms with Crippen LogP contribution >= 0.6 is 0 Å². The van der Waals surface area contributed by atoms with Crippen LogP contribution in [0, 0.1) is 19.8 Å². The van der Waals surface area contributed by atoms with Crippen LogP contribution < -0.4 is 15.8 Å². The number of aryl methyl sites for hydroxylation is 2. The number of benzene rings is 2. The number of carbonyl (C=O) groups is 2. The Morgan fingerprint density at radius 1 is 1.10 bits per heavy atom. The molecule has 1 unspecified atom stereocenters. The maximum absolute atomic E-state index is 12.8. The number of aromatic nitrogens is 2.